The third-order valence-corrected chi connectivity index (χ3v) is 6.43. The second-order valence-electron chi connectivity index (χ2n) is 7.81. The molecule has 0 spiro atoms. The Balaban J connectivity index is 1.71. The third kappa shape index (κ3) is 5.09. The maximum Gasteiger partial charge on any atom is 0.242 e. The molecule has 0 bridgehead atoms. The first-order valence-corrected chi connectivity index (χ1v) is 11.5. The van der Waals surface area contributed by atoms with E-state index in [2.05, 4.69) is 21.6 Å². The minimum absolute atomic E-state index is 0.161. The Bertz CT molecular complexity index is 1270. The molecule has 6 nitrogen and oxygen atoms in total. The normalized spacial score (nSPS) is 11.8. The molecule has 168 valence electrons. The number of ether oxygens (including phenoxy) is 1. The molecule has 1 N–H and O–H groups in total. The standard InChI is InChI=1S/C26H26N4O2S/c1-17-9-8-12-21(15-17)30-19(3)28-29-26(30)33-24(20-10-6-5-7-11-20)25(31)27-22-16-18(2)13-14-23(22)32-4/h5-16,24H,1-4H3,(H,27,31). The molecule has 1 unspecified atom stereocenters. The van der Waals surface area contributed by atoms with Crippen molar-refractivity contribution in [2.75, 3.05) is 12.4 Å². The molecule has 4 rings (SSSR count). The van der Waals surface area contributed by atoms with E-state index in [4.69, 9.17) is 4.74 Å². The summed E-state index contributed by atoms with van der Waals surface area (Å²) in [5, 5.41) is 11.9. The number of amides is 1. The highest BCUT2D eigenvalue weighted by Crippen LogP contribution is 2.37. The largest absolute Gasteiger partial charge is 0.495 e. The zero-order valence-electron chi connectivity index (χ0n) is 19.1. The molecule has 0 radical (unpaired) electrons. The quantitative estimate of drug-likeness (QED) is 0.361. The van der Waals surface area contributed by atoms with Gasteiger partial charge >= 0.3 is 0 Å². The van der Waals surface area contributed by atoms with Crippen LogP contribution < -0.4 is 10.1 Å². The number of nitrogens with zero attached hydrogens (tertiary/aromatic N) is 3. The minimum Gasteiger partial charge on any atom is -0.495 e. The van der Waals surface area contributed by atoms with Gasteiger partial charge in [0.25, 0.3) is 0 Å². The van der Waals surface area contributed by atoms with Gasteiger partial charge in [-0.05, 0) is 61.7 Å². The molecule has 0 aliphatic rings. The Morgan fingerprint density at radius 3 is 2.42 bits per heavy atom. The summed E-state index contributed by atoms with van der Waals surface area (Å²) < 4.78 is 7.43. The summed E-state index contributed by atoms with van der Waals surface area (Å²) in [4.78, 5) is 13.6. The molecular weight excluding hydrogens is 432 g/mol. The third-order valence-electron chi connectivity index (χ3n) is 5.23. The highest BCUT2D eigenvalue weighted by molar-refractivity contribution is 8.00. The fraction of sp³-hybridized carbons (Fsp3) is 0.192. The molecule has 0 aliphatic heterocycles. The molecular formula is C26H26N4O2S. The summed E-state index contributed by atoms with van der Waals surface area (Å²) in [6, 6.07) is 23.6. The molecule has 1 heterocycles. The predicted octanol–water partition coefficient (Wildman–Crippen LogP) is 5.67. The monoisotopic (exact) mass is 458 g/mol. The van der Waals surface area contributed by atoms with Crippen LogP contribution in [0.25, 0.3) is 5.69 Å². The maximum absolute atomic E-state index is 13.6. The van der Waals surface area contributed by atoms with E-state index in [9.17, 15) is 4.79 Å². The van der Waals surface area contributed by atoms with Crippen molar-refractivity contribution in [1.29, 1.82) is 0 Å². The number of hydrogen-bond acceptors (Lipinski definition) is 5. The average molecular weight is 459 g/mol. The van der Waals surface area contributed by atoms with Crippen LogP contribution in [-0.4, -0.2) is 27.8 Å². The lowest BCUT2D eigenvalue weighted by Gasteiger charge is -2.19. The summed E-state index contributed by atoms with van der Waals surface area (Å²) in [6.07, 6.45) is 0. The van der Waals surface area contributed by atoms with Gasteiger partial charge in [0.1, 0.15) is 16.8 Å². The van der Waals surface area contributed by atoms with Crippen molar-refractivity contribution < 1.29 is 9.53 Å². The van der Waals surface area contributed by atoms with Gasteiger partial charge in [-0.15, -0.1) is 10.2 Å². The van der Waals surface area contributed by atoms with Gasteiger partial charge < -0.3 is 10.1 Å². The molecule has 7 heteroatoms. The minimum atomic E-state index is -0.538. The van der Waals surface area contributed by atoms with Crippen LogP contribution >= 0.6 is 11.8 Å². The number of carbonyl (C=O) groups is 1. The molecule has 1 aromatic heterocycles. The van der Waals surface area contributed by atoms with Gasteiger partial charge in [0.15, 0.2) is 5.16 Å². The average Bonchev–Trinajstić information content (AvgIpc) is 3.18. The number of methoxy groups -OCH3 is 1. The van der Waals surface area contributed by atoms with Gasteiger partial charge in [-0.3, -0.25) is 9.36 Å². The Labute approximate surface area is 198 Å². The van der Waals surface area contributed by atoms with Gasteiger partial charge in [-0.25, -0.2) is 0 Å². The molecule has 0 saturated heterocycles. The highest BCUT2D eigenvalue weighted by Gasteiger charge is 2.26. The molecule has 4 aromatic rings. The van der Waals surface area contributed by atoms with Gasteiger partial charge in [0.05, 0.1) is 12.8 Å². The van der Waals surface area contributed by atoms with Crippen molar-refractivity contribution in [2.45, 2.75) is 31.2 Å². The predicted molar refractivity (Wildman–Crippen MR) is 132 cm³/mol. The van der Waals surface area contributed by atoms with E-state index in [0.29, 0.717) is 16.6 Å². The van der Waals surface area contributed by atoms with Crippen molar-refractivity contribution in [2.24, 2.45) is 0 Å². The Morgan fingerprint density at radius 1 is 0.939 bits per heavy atom. The van der Waals surface area contributed by atoms with E-state index in [1.807, 2.05) is 92.1 Å². The summed E-state index contributed by atoms with van der Waals surface area (Å²) >= 11 is 1.37. The van der Waals surface area contributed by atoms with E-state index in [1.165, 1.54) is 11.8 Å². The highest BCUT2D eigenvalue weighted by atomic mass is 32.2. The van der Waals surface area contributed by atoms with Crippen molar-refractivity contribution in [3.8, 4) is 11.4 Å². The zero-order chi connectivity index (χ0) is 23.4. The van der Waals surface area contributed by atoms with Crippen LogP contribution in [0.1, 0.15) is 27.8 Å². The lowest BCUT2D eigenvalue weighted by Crippen LogP contribution is -2.20. The first-order valence-electron chi connectivity index (χ1n) is 10.6. The fourth-order valence-electron chi connectivity index (χ4n) is 3.61. The second kappa shape index (κ2) is 9.92. The van der Waals surface area contributed by atoms with Crippen LogP contribution in [0.15, 0.2) is 78.0 Å². The lowest BCUT2D eigenvalue weighted by atomic mass is 10.1. The van der Waals surface area contributed by atoms with Crippen molar-refractivity contribution in [1.82, 2.24) is 14.8 Å². The van der Waals surface area contributed by atoms with E-state index in [0.717, 1.165) is 28.2 Å². The fourth-order valence-corrected chi connectivity index (χ4v) is 4.71. The Kier molecular flexibility index (Phi) is 6.79. The molecule has 0 saturated carbocycles. The van der Waals surface area contributed by atoms with Crippen LogP contribution in [0.3, 0.4) is 0 Å². The van der Waals surface area contributed by atoms with Gasteiger partial charge in [0.2, 0.25) is 5.91 Å². The molecule has 1 atom stereocenters. The van der Waals surface area contributed by atoms with Crippen LogP contribution in [0.5, 0.6) is 5.75 Å². The number of anilines is 1. The topological polar surface area (TPSA) is 69.0 Å². The Morgan fingerprint density at radius 2 is 1.70 bits per heavy atom. The number of aromatic nitrogens is 3. The summed E-state index contributed by atoms with van der Waals surface area (Å²) in [5.41, 5.74) is 4.65. The lowest BCUT2D eigenvalue weighted by molar-refractivity contribution is -0.115. The van der Waals surface area contributed by atoms with E-state index in [1.54, 1.807) is 7.11 Å². The Hall–Kier alpha value is -3.58. The summed E-state index contributed by atoms with van der Waals surface area (Å²) in [7, 11) is 1.59. The van der Waals surface area contributed by atoms with E-state index < -0.39 is 5.25 Å². The van der Waals surface area contributed by atoms with Crippen LogP contribution in [0.4, 0.5) is 5.69 Å². The van der Waals surface area contributed by atoms with E-state index >= 15 is 0 Å². The van der Waals surface area contributed by atoms with Crippen molar-refractivity contribution in [3.05, 3.63) is 95.3 Å². The number of hydrogen-bond donors (Lipinski definition) is 1. The molecule has 33 heavy (non-hydrogen) atoms. The van der Waals surface area contributed by atoms with Crippen molar-refractivity contribution >= 4 is 23.4 Å². The van der Waals surface area contributed by atoms with Gasteiger partial charge in [0, 0.05) is 5.69 Å². The number of nitrogens with one attached hydrogen (secondary N) is 1. The molecule has 0 aliphatic carbocycles. The summed E-state index contributed by atoms with van der Waals surface area (Å²) in [6.45, 7) is 5.94. The van der Waals surface area contributed by atoms with Crippen LogP contribution in [0.2, 0.25) is 0 Å². The maximum atomic E-state index is 13.6. The van der Waals surface area contributed by atoms with Gasteiger partial charge in [-0.1, -0.05) is 60.3 Å². The van der Waals surface area contributed by atoms with E-state index in [-0.39, 0.29) is 5.91 Å². The molecule has 0 fully saturated rings. The number of rotatable bonds is 7. The van der Waals surface area contributed by atoms with Crippen LogP contribution in [-0.2, 0) is 4.79 Å². The van der Waals surface area contributed by atoms with Gasteiger partial charge in [-0.2, -0.15) is 0 Å². The number of carbonyl (C=O) groups excluding carboxylic acids is 1. The number of aryl methyl sites for hydroxylation is 3. The first-order chi connectivity index (χ1) is 16.0. The SMILES string of the molecule is COc1ccc(C)cc1NC(=O)C(Sc1nnc(C)n1-c1cccc(C)c1)c1ccccc1. The first kappa shape index (κ1) is 22.6. The summed E-state index contributed by atoms with van der Waals surface area (Å²) in [5.74, 6) is 1.21. The number of benzene rings is 3. The number of thioether (sulfide) groups is 1. The zero-order valence-corrected chi connectivity index (χ0v) is 19.9. The molecule has 3 aromatic carbocycles. The smallest absolute Gasteiger partial charge is 0.242 e. The van der Waals surface area contributed by atoms with Crippen molar-refractivity contribution in [3.63, 3.8) is 0 Å². The molecule has 1 amide bonds. The second-order valence-corrected chi connectivity index (χ2v) is 8.88. The van der Waals surface area contributed by atoms with Crippen LogP contribution in [0, 0.1) is 20.8 Å².